The molecule has 0 saturated heterocycles. The Morgan fingerprint density at radius 2 is 1.56 bits per heavy atom. The Morgan fingerprint density at radius 3 is 2.09 bits per heavy atom. The first-order valence-electron chi connectivity index (χ1n) is 11.2. The molecule has 174 valence electrons. The van der Waals surface area contributed by atoms with Crippen molar-refractivity contribution in [1.29, 1.82) is 0 Å². The van der Waals surface area contributed by atoms with Crippen molar-refractivity contribution < 1.29 is 19.5 Å². The molecule has 1 atom stereocenters. The lowest BCUT2D eigenvalue weighted by molar-refractivity contribution is -0.139. The van der Waals surface area contributed by atoms with E-state index in [4.69, 9.17) is 23.2 Å². The van der Waals surface area contributed by atoms with Gasteiger partial charge in [0.15, 0.2) is 0 Å². The van der Waals surface area contributed by atoms with Crippen molar-refractivity contribution in [2.24, 2.45) is 23.2 Å². The number of halogens is 2. The largest absolute Gasteiger partial charge is 0.480 e. The van der Waals surface area contributed by atoms with E-state index in [2.05, 4.69) is 16.0 Å². The number of carbonyl (C=O) groups is 3. The summed E-state index contributed by atoms with van der Waals surface area (Å²) in [6.07, 6.45) is 8.95. The van der Waals surface area contributed by atoms with Crippen LogP contribution in [0.15, 0.2) is 18.2 Å². The average Bonchev–Trinajstić information content (AvgIpc) is 2.69. The predicted octanol–water partition coefficient (Wildman–Crippen LogP) is 4.08. The Kier molecular flexibility index (Phi) is 6.86. The Morgan fingerprint density at radius 1 is 1.00 bits per heavy atom. The van der Waals surface area contributed by atoms with Gasteiger partial charge >= 0.3 is 12.0 Å². The molecule has 0 heterocycles. The molecule has 4 fully saturated rings. The summed E-state index contributed by atoms with van der Waals surface area (Å²) < 4.78 is 0. The summed E-state index contributed by atoms with van der Waals surface area (Å²) in [5, 5.41) is 17.4. The first kappa shape index (κ1) is 23.2. The van der Waals surface area contributed by atoms with Crippen molar-refractivity contribution in [2.45, 2.75) is 51.0 Å². The summed E-state index contributed by atoms with van der Waals surface area (Å²) in [6, 6.07) is 2.82. The second-order valence-corrected chi connectivity index (χ2v) is 10.6. The number of amides is 3. The number of carboxylic acids is 1. The number of carbonyl (C=O) groups excluding carboxylic acids is 2. The van der Waals surface area contributed by atoms with Crippen LogP contribution in [0.3, 0.4) is 0 Å². The van der Waals surface area contributed by atoms with E-state index in [1.807, 2.05) is 0 Å². The van der Waals surface area contributed by atoms with Crippen LogP contribution in [0.5, 0.6) is 0 Å². The predicted molar refractivity (Wildman–Crippen MR) is 122 cm³/mol. The molecule has 0 radical (unpaired) electrons. The van der Waals surface area contributed by atoms with Gasteiger partial charge in [0.2, 0.25) is 0 Å². The lowest BCUT2D eigenvalue weighted by Gasteiger charge is -2.57. The molecule has 0 unspecified atom stereocenters. The van der Waals surface area contributed by atoms with Crippen LogP contribution in [0.1, 0.15) is 55.3 Å². The van der Waals surface area contributed by atoms with E-state index in [1.54, 1.807) is 6.07 Å². The van der Waals surface area contributed by atoms with Crippen LogP contribution in [-0.4, -0.2) is 42.1 Å². The SMILES string of the molecule is O=C(NCCC12CC3CC(CC(C3)C1)C2)NC[C@H](NC(=O)c1c(Cl)cccc1Cl)C(=O)O. The van der Waals surface area contributed by atoms with Crippen LogP contribution < -0.4 is 16.0 Å². The van der Waals surface area contributed by atoms with Crippen molar-refractivity contribution >= 4 is 41.1 Å². The number of hydrogen-bond acceptors (Lipinski definition) is 3. The lowest BCUT2D eigenvalue weighted by atomic mass is 9.49. The van der Waals surface area contributed by atoms with Gasteiger partial charge in [-0.05, 0) is 80.2 Å². The Hall–Kier alpha value is -1.99. The molecular formula is C23H29Cl2N3O4. The van der Waals surface area contributed by atoms with Gasteiger partial charge in [0.1, 0.15) is 6.04 Å². The third kappa shape index (κ3) is 5.15. The topological polar surface area (TPSA) is 108 Å². The fourth-order valence-corrected chi connectivity index (χ4v) is 7.01. The summed E-state index contributed by atoms with van der Waals surface area (Å²) >= 11 is 12.0. The van der Waals surface area contributed by atoms with E-state index in [0.29, 0.717) is 12.0 Å². The van der Waals surface area contributed by atoms with Crippen molar-refractivity contribution in [3.63, 3.8) is 0 Å². The van der Waals surface area contributed by atoms with Crippen molar-refractivity contribution in [3.8, 4) is 0 Å². The molecule has 1 aromatic carbocycles. The molecule has 0 aliphatic heterocycles. The second kappa shape index (κ2) is 9.48. The van der Waals surface area contributed by atoms with E-state index in [1.165, 1.54) is 50.7 Å². The zero-order chi connectivity index (χ0) is 22.9. The van der Waals surface area contributed by atoms with Crippen LogP contribution in [0.2, 0.25) is 10.0 Å². The zero-order valence-corrected chi connectivity index (χ0v) is 19.3. The third-order valence-electron chi connectivity index (χ3n) is 7.37. The first-order valence-corrected chi connectivity index (χ1v) is 12.0. The molecule has 3 amide bonds. The van der Waals surface area contributed by atoms with E-state index in [-0.39, 0.29) is 22.2 Å². The maximum absolute atomic E-state index is 12.5. The second-order valence-electron chi connectivity index (χ2n) is 9.77. The number of hydrogen-bond donors (Lipinski definition) is 4. The number of nitrogens with one attached hydrogen (secondary N) is 3. The van der Waals surface area contributed by atoms with E-state index in [0.717, 1.165) is 24.2 Å². The number of rotatable bonds is 8. The average molecular weight is 482 g/mol. The Labute approximate surface area is 197 Å². The highest BCUT2D eigenvalue weighted by atomic mass is 35.5. The summed E-state index contributed by atoms with van der Waals surface area (Å²) in [5.74, 6) is 0.609. The molecule has 4 N–H and O–H groups in total. The van der Waals surface area contributed by atoms with Gasteiger partial charge in [-0.15, -0.1) is 0 Å². The highest BCUT2D eigenvalue weighted by Crippen LogP contribution is 2.61. The zero-order valence-electron chi connectivity index (χ0n) is 17.8. The van der Waals surface area contributed by atoms with Gasteiger partial charge in [-0.3, -0.25) is 4.79 Å². The summed E-state index contributed by atoms with van der Waals surface area (Å²) in [4.78, 5) is 36.3. The van der Waals surface area contributed by atoms with Gasteiger partial charge in [0.05, 0.1) is 22.2 Å². The van der Waals surface area contributed by atoms with Crippen LogP contribution >= 0.6 is 23.2 Å². The minimum Gasteiger partial charge on any atom is -0.480 e. The fraction of sp³-hybridized carbons (Fsp3) is 0.609. The Bertz CT molecular complexity index is 852. The van der Waals surface area contributed by atoms with E-state index in [9.17, 15) is 19.5 Å². The molecular weight excluding hydrogens is 453 g/mol. The van der Waals surface area contributed by atoms with Crippen molar-refractivity contribution in [1.82, 2.24) is 16.0 Å². The van der Waals surface area contributed by atoms with E-state index < -0.39 is 23.9 Å². The highest BCUT2D eigenvalue weighted by molar-refractivity contribution is 6.39. The summed E-state index contributed by atoms with van der Waals surface area (Å²) in [7, 11) is 0. The lowest BCUT2D eigenvalue weighted by Crippen LogP contribution is -2.51. The standard InChI is InChI=1S/C23H29Cl2N3O4/c24-16-2-1-3-17(25)19(16)20(29)28-18(21(30)31)12-27-22(32)26-5-4-23-9-13-6-14(10-23)8-15(7-13)11-23/h1-3,13-15,18H,4-12H2,(H,28,29)(H,30,31)(H2,26,27,32)/t13?,14?,15?,18-,23?/m0/s1. The number of benzene rings is 1. The first-order chi connectivity index (χ1) is 15.2. The molecule has 4 aliphatic carbocycles. The fourth-order valence-electron chi connectivity index (χ4n) is 6.44. The van der Waals surface area contributed by atoms with Gasteiger partial charge in [0, 0.05) is 6.54 Å². The summed E-state index contributed by atoms with van der Waals surface area (Å²) in [5.41, 5.74) is 0.371. The number of carboxylic acid groups (broad SMARTS) is 1. The van der Waals surface area contributed by atoms with Gasteiger partial charge in [-0.25, -0.2) is 9.59 Å². The Balaban J connectivity index is 1.24. The van der Waals surface area contributed by atoms with Crippen molar-refractivity contribution in [2.75, 3.05) is 13.1 Å². The van der Waals surface area contributed by atoms with Crippen LogP contribution in [0, 0.1) is 23.2 Å². The number of aliphatic carboxylic acids is 1. The van der Waals surface area contributed by atoms with Gasteiger partial charge < -0.3 is 21.1 Å². The maximum Gasteiger partial charge on any atom is 0.328 e. The maximum atomic E-state index is 12.5. The van der Waals surface area contributed by atoms with Gasteiger partial charge in [-0.2, -0.15) is 0 Å². The van der Waals surface area contributed by atoms with Crippen LogP contribution in [0.4, 0.5) is 4.79 Å². The molecule has 9 heteroatoms. The van der Waals surface area contributed by atoms with Crippen molar-refractivity contribution in [3.05, 3.63) is 33.8 Å². The third-order valence-corrected chi connectivity index (χ3v) is 8.00. The van der Waals surface area contributed by atoms with Crippen LogP contribution in [-0.2, 0) is 4.79 Å². The van der Waals surface area contributed by atoms with Crippen LogP contribution in [0.25, 0.3) is 0 Å². The highest BCUT2D eigenvalue weighted by Gasteiger charge is 2.50. The normalized spacial score (nSPS) is 28.8. The van der Waals surface area contributed by atoms with E-state index >= 15 is 0 Å². The van der Waals surface area contributed by atoms with Gasteiger partial charge in [-0.1, -0.05) is 29.3 Å². The molecule has 4 saturated carbocycles. The summed E-state index contributed by atoms with van der Waals surface area (Å²) in [6.45, 7) is 0.309. The molecule has 5 rings (SSSR count). The molecule has 32 heavy (non-hydrogen) atoms. The molecule has 7 nitrogen and oxygen atoms in total. The molecule has 4 bridgehead atoms. The molecule has 4 aliphatic rings. The minimum atomic E-state index is -1.32. The van der Waals surface area contributed by atoms with Gasteiger partial charge in [0.25, 0.3) is 5.91 Å². The minimum absolute atomic E-state index is 0.00195. The number of urea groups is 1. The smallest absolute Gasteiger partial charge is 0.328 e. The molecule has 1 aromatic rings. The quantitative estimate of drug-likeness (QED) is 0.448. The molecule has 0 aromatic heterocycles. The molecule has 0 spiro atoms. The monoisotopic (exact) mass is 481 g/mol.